The molecule has 208 valence electrons. The first-order valence-electron chi connectivity index (χ1n) is 18.1. The summed E-state index contributed by atoms with van der Waals surface area (Å²) >= 11 is 0. The van der Waals surface area contributed by atoms with E-state index in [1.54, 1.807) is 30.3 Å². The van der Waals surface area contributed by atoms with Crippen LogP contribution in [0.2, 0.25) is 0 Å². The number of anilines is 1. The Morgan fingerprint density at radius 3 is 2.74 bits per heavy atom. The topological polar surface area (TPSA) is 140 Å². The molecule has 2 aliphatic heterocycles. The number of rotatable bonds is 11. The third-order valence-corrected chi connectivity index (χ3v) is 7.59. The van der Waals surface area contributed by atoms with Gasteiger partial charge in [0.1, 0.15) is 6.10 Å². The highest BCUT2D eigenvalue weighted by Crippen LogP contribution is 2.33. The molecule has 0 aromatic heterocycles. The number of hydrogen-bond acceptors (Lipinski definition) is 8. The van der Waals surface area contributed by atoms with E-state index in [0.717, 1.165) is 24.3 Å². The monoisotopic (exact) mass is 560 g/mol. The molecule has 2 heterocycles. The summed E-state index contributed by atoms with van der Waals surface area (Å²) in [6.45, 7) is -16.6. The van der Waals surface area contributed by atoms with Gasteiger partial charge in [-0.2, -0.15) is 4.31 Å². The number of amides is 1. The molecule has 0 unspecified atom stereocenters. The first-order chi connectivity index (χ1) is 23.2. The molecule has 11 heteroatoms. The van der Waals surface area contributed by atoms with Crippen LogP contribution in [0.4, 0.5) is 10.5 Å². The van der Waals surface area contributed by atoms with Gasteiger partial charge in [-0.3, -0.25) is 0 Å². The van der Waals surface area contributed by atoms with Gasteiger partial charge >= 0.3 is 6.09 Å². The zero-order valence-electron chi connectivity index (χ0n) is 33.0. The number of aliphatic hydroxyl groups excluding tert-OH is 1. The fourth-order valence-electron chi connectivity index (χ4n) is 3.97. The van der Waals surface area contributed by atoms with Gasteiger partial charge in [0.15, 0.2) is 6.29 Å². The van der Waals surface area contributed by atoms with E-state index in [1.807, 2.05) is 0 Å². The normalized spacial score (nSPS) is 31.8. The lowest BCUT2D eigenvalue weighted by Gasteiger charge is -2.31. The van der Waals surface area contributed by atoms with Crippen LogP contribution >= 0.6 is 0 Å². The van der Waals surface area contributed by atoms with Crippen molar-refractivity contribution in [3.05, 3.63) is 60.2 Å². The Hall–Kier alpha value is -2.70. The SMILES string of the molecule is [2H]C([2H])([2H])C([2H])(C([2H])([2H])[2H])C([2H])([2H])N(C[C@@H](O)[C@H](Cc1ccccc1)NC(=O)O[C@H]1CO[C@H]2OC([2H])([2H])C([2H])([2H])[C@H]21)S(=O)(=O)c1ccc(N)cc1. The van der Waals surface area contributed by atoms with Crippen LogP contribution in [0.15, 0.2) is 59.5 Å². The number of ether oxygens (including phenoxy) is 3. The Bertz CT molecular complexity index is 1650. The first kappa shape index (κ1) is 15.8. The molecule has 4 rings (SSSR count). The number of carbonyl (C=O) groups excluding carboxylic acids is 1. The number of nitrogens with zero attached hydrogens (tertiary/aromatic N) is 1. The maximum atomic E-state index is 14.1. The van der Waals surface area contributed by atoms with Crippen LogP contribution in [0.1, 0.15) is 43.5 Å². The predicted molar refractivity (Wildman–Crippen MR) is 142 cm³/mol. The molecular weight excluding hydrogens is 510 g/mol. The summed E-state index contributed by atoms with van der Waals surface area (Å²) in [4.78, 5) is 12.6. The van der Waals surface area contributed by atoms with Crippen molar-refractivity contribution in [1.82, 2.24) is 9.62 Å². The van der Waals surface area contributed by atoms with Crippen LogP contribution < -0.4 is 11.1 Å². The number of benzene rings is 2. The molecular formula is C27H37N3O7S. The fourth-order valence-corrected chi connectivity index (χ4v) is 5.27. The lowest BCUT2D eigenvalue weighted by Crippen LogP contribution is -2.51. The average molecular weight is 561 g/mol. The summed E-state index contributed by atoms with van der Waals surface area (Å²) in [5, 5.41) is 13.9. The van der Waals surface area contributed by atoms with Crippen molar-refractivity contribution in [3.63, 3.8) is 0 Å². The van der Waals surface area contributed by atoms with Gasteiger partial charge < -0.3 is 30.4 Å². The Kier molecular flexibility index (Phi) is 5.17. The lowest BCUT2D eigenvalue weighted by molar-refractivity contribution is -0.0907. The van der Waals surface area contributed by atoms with Crippen molar-refractivity contribution < 1.29 is 50.3 Å². The Morgan fingerprint density at radius 1 is 1.29 bits per heavy atom. The van der Waals surface area contributed by atoms with Crippen molar-refractivity contribution in [2.24, 2.45) is 11.8 Å². The van der Waals surface area contributed by atoms with Gasteiger partial charge in [-0.25, -0.2) is 13.2 Å². The second kappa shape index (κ2) is 12.4. The van der Waals surface area contributed by atoms with E-state index in [9.17, 15) is 18.3 Å². The second-order valence-electron chi connectivity index (χ2n) is 8.64. The van der Waals surface area contributed by atoms with Crippen molar-refractivity contribution in [2.45, 2.75) is 55.9 Å². The number of hydrogen-bond donors (Lipinski definition) is 3. The van der Waals surface area contributed by atoms with Gasteiger partial charge in [-0.15, -0.1) is 0 Å². The van der Waals surface area contributed by atoms with E-state index in [2.05, 4.69) is 5.32 Å². The quantitative estimate of drug-likeness (QED) is 0.356. The molecule has 0 saturated carbocycles. The summed E-state index contributed by atoms with van der Waals surface area (Å²) in [6.07, 6.45) is -9.22. The Labute approximate surface area is 242 Å². The minimum Gasteiger partial charge on any atom is -0.443 e. The number of nitrogen functional groups attached to an aromatic ring is 1. The van der Waals surface area contributed by atoms with Crippen LogP contribution in [0.25, 0.3) is 0 Å². The van der Waals surface area contributed by atoms with Crippen molar-refractivity contribution >= 4 is 21.8 Å². The molecule has 0 spiro atoms. The lowest BCUT2D eigenvalue weighted by atomic mass is 10.0. The summed E-state index contributed by atoms with van der Waals surface area (Å²) in [6, 6.07) is 10.5. The van der Waals surface area contributed by atoms with Gasteiger partial charge in [-0.1, -0.05) is 44.0 Å². The van der Waals surface area contributed by atoms with Crippen LogP contribution in [-0.4, -0.2) is 74.7 Å². The second-order valence-corrected chi connectivity index (χ2v) is 10.5. The van der Waals surface area contributed by atoms with E-state index >= 15 is 0 Å². The highest BCUT2D eigenvalue weighted by atomic mass is 32.2. The van der Waals surface area contributed by atoms with E-state index in [1.165, 1.54) is 0 Å². The Balaban J connectivity index is 1.73. The molecule has 10 nitrogen and oxygen atoms in total. The van der Waals surface area contributed by atoms with Gasteiger partial charge in [0, 0.05) is 33.8 Å². The molecule has 1 amide bonds. The summed E-state index contributed by atoms with van der Waals surface area (Å²) in [5.41, 5.74) is 6.19. The van der Waals surface area contributed by atoms with Crippen LogP contribution in [0.3, 0.4) is 0 Å². The Morgan fingerprint density at radius 2 is 2.03 bits per heavy atom. The molecule has 2 aromatic rings. The molecule has 0 radical (unpaired) electrons. The highest BCUT2D eigenvalue weighted by Gasteiger charge is 2.44. The van der Waals surface area contributed by atoms with Gasteiger partial charge in [0.25, 0.3) is 0 Å². The smallest absolute Gasteiger partial charge is 0.407 e. The van der Waals surface area contributed by atoms with Crippen LogP contribution in [0, 0.1) is 11.8 Å². The minimum atomic E-state index is -5.29. The number of fused-ring (bicyclic) bond motifs is 1. The van der Waals surface area contributed by atoms with Gasteiger partial charge in [-0.05, 0) is 48.5 Å². The average Bonchev–Trinajstić information content (AvgIpc) is 3.47. The zero-order valence-corrected chi connectivity index (χ0v) is 20.9. The standard InChI is InChI=1S/C27H37N3O7S/c1-18(2)15-30(38(33,34)21-10-8-20(28)9-11-21)16-24(31)23(14-19-6-4-3-5-7-19)29-27(32)37-25-17-36-26-22(25)12-13-35-26/h3-11,18,22-26,31H,12-17,28H2,1-2H3,(H,29,32)/t22-,23-,24+,25-,26+/m0/s1/i1D3,2D3,12D2,13D2,15D2,18D. The van der Waals surface area contributed by atoms with Gasteiger partial charge in [0.2, 0.25) is 10.0 Å². The van der Waals surface area contributed by atoms with Crippen LogP contribution in [0.5, 0.6) is 0 Å². The third kappa shape index (κ3) is 7.03. The predicted octanol–water partition coefficient (Wildman–Crippen LogP) is 2.38. The largest absolute Gasteiger partial charge is 0.443 e. The zero-order chi connectivity index (χ0) is 38.6. The molecule has 0 bridgehead atoms. The first-order valence-corrected chi connectivity index (χ1v) is 13.0. The maximum absolute atomic E-state index is 14.1. The minimum absolute atomic E-state index is 0.0846. The van der Waals surface area contributed by atoms with E-state index in [-0.39, 0.29) is 16.4 Å². The van der Waals surface area contributed by atoms with E-state index < -0.39 is 104 Å². The summed E-state index contributed by atoms with van der Waals surface area (Å²) in [5.74, 6) is -5.53. The molecule has 2 aromatic carbocycles. The molecule has 38 heavy (non-hydrogen) atoms. The highest BCUT2D eigenvalue weighted by molar-refractivity contribution is 7.89. The van der Waals surface area contributed by atoms with E-state index in [0.29, 0.717) is 5.56 Å². The van der Waals surface area contributed by atoms with Gasteiger partial charge in [0.05, 0.1) is 38.9 Å². The number of aliphatic hydroxyl groups is 1. The molecule has 5 atom stereocenters. The number of sulfonamides is 1. The van der Waals surface area contributed by atoms with Crippen molar-refractivity contribution in [2.75, 3.05) is 31.9 Å². The molecule has 0 aliphatic carbocycles. The molecule has 2 saturated heterocycles. The molecule has 2 aliphatic rings. The van der Waals surface area contributed by atoms with Crippen LogP contribution in [-0.2, 0) is 30.7 Å². The van der Waals surface area contributed by atoms with Crippen molar-refractivity contribution in [3.8, 4) is 0 Å². The number of nitrogens with one attached hydrogen (secondary N) is 1. The summed E-state index contributed by atoms with van der Waals surface area (Å²) < 4.78 is 149. The molecule has 4 N–H and O–H groups in total. The number of alkyl carbamates (subject to hydrolysis) is 1. The molecule has 2 fully saturated rings. The number of carbonyl (C=O) groups is 1. The third-order valence-electron chi connectivity index (χ3n) is 5.90. The number of nitrogens with two attached hydrogens (primary N) is 1. The fraction of sp³-hybridized carbons (Fsp3) is 0.519. The van der Waals surface area contributed by atoms with Crippen molar-refractivity contribution in [1.29, 1.82) is 0 Å². The van der Waals surface area contributed by atoms with E-state index in [4.69, 9.17) is 37.8 Å². The summed E-state index contributed by atoms with van der Waals surface area (Å²) in [7, 11) is -5.29. The maximum Gasteiger partial charge on any atom is 0.407 e.